The molecule has 0 aliphatic heterocycles. The molecule has 0 unspecified atom stereocenters. The van der Waals surface area contributed by atoms with E-state index in [1.165, 1.54) is 12.4 Å². The maximum absolute atomic E-state index is 13.5. The first-order chi connectivity index (χ1) is 16.5. The van der Waals surface area contributed by atoms with E-state index in [4.69, 9.17) is 0 Å². The lowest BCUT2D eigenvalue weighted by molar-refractivity contribution is -0.137. The van der Waals surface area contributed by atoms with Crippen molar-refractivity contribution in [2.45, 2.75) is 38.0 Å². The van der Waals surface area contributed by atoms with Crippen LogP contribution in [-0.2, 0) is 29.3 Å². The zero-order valence-electron chi connectivity index (χ0n) is 18.9. The monoisotopic (exact) mass is 501 g/mol. The summed E-state index contributed by atoms with van der Waals surface area (Å²) in [5.41, 5.74) is 1.68. The molecule has 2 heterocycles. The third-order valence-corrected chi connectivity index (χ3v) is 7.64. The predicted molar refractivity (Wildman–Crippen MR) is 126 cm³/mol. The van der Waals surface area contributed by atoms with Gasteiger partial charge in [-0.2, -0.15) is 17.5 Å². The summed E-state index contributed by atoms with van der Waals surface area (Å²) in [6.07, 6.45) is -1.72. The first-order valence-corrected chi connectivity index (χ1v) is 12.1. The number of hydrogen-bond donors (Lipinski definition) is 1. The summed E-state index contributed by atoms with van der Waals surface area (Å²) >= 11 is 0. The minimum atomic E-state index is -4.70. The topological polar surface area (TPSA) is 83.1 Å². The van der Waals surface area contributed by atoms with E-state index >= 15 is 0 Å². The van der Waals surface area contributed by atoms with Gasteiger partial charge in [-0.3, -0.25) is 9.78 Å². The standard InChI is InChI=1S/C25H22F3N3O3S/c1-16-8-9-19-11-20(24(32)30-23(19)17(16)2)15-31(14-18-5-4-10-29-13-18)35(33,34)22-7-3-6-21(12-22)25(26,27)28/h3-13H,14-15H2,1-2H3,(H,30,32). The van der Waals surface area contributed by atoms with Crippen LogP contribution in [0.4, 0.5) is 13.2 Å². The van der Waals surface area contributed by atoms with Crippen LogP contribution in [0.15, 0.2) is 76.7 Å². The number of nitrogens with zero attached hydrogens (tertiary/aromatic N) is 2. The highest BCUT2D eigenvalue weighted by Crippen LogP contribution is 2.32. The average Bonchev–Trinajstić information content (AvgIpc) is 2.82. The van der Waals surface area contributed by atoms with E-state index in [9.17, 15) is 26.4 Å². The Morgan fingerprint density at radius 3 is 2.46 bits per heavy atom. The molecule has 0 bridgehead atoms. The van der Waals surface area contributed by atoms with Crippen LogP contribution >= 0.6 is 0 Å². The second kappa shape index (κ2) is 9.27. The third-order valence-electron chi connectivity index (χ3n) is 5.86. The number of rotatable bonds is 6. The van der Waals surface area contributed by atoms with Gasteiger partial charge in [-0.25, -0.2) is 8.42 Å². The number of benzene rings is 2. The lowest BCUT2D eigenvalue weighted by Gasteiger charge is -2.23. The highest BCUT2D eigenvalue weighted by atomic mass is 32.2. The van der Waals surface area contributed by atoms with Crippen LogP contribution in [0, 0.1) is 13.8 Å². The Bertz CT molecular complexity index is 1550. The molecule has 182 valence electrons. The van der Waals surface area contributed by atoms with Crippen LogP contribution in [0.2, 0.25) is 0 Å². The number of aromatic nitrogens is 2. The van der Waals surface area contributed by atoms with Crippen molar-refractivity contribution in [3.05, 3.63) is 105 Å². The van der Waals surface area contributed by atoms with Crippen LogP contribution in [0.1, 0.15) is 27.8 Å². The number of pyridine rings is 2. The summed E-state index contributed by atoms with van der Waals surface area (Å²) in [5, 5.41) is 0.723. The van der Waals surface area contributed by atoms with Gasteiger partial charge >= 0.3 is 6.18 Å². The second-order valence-electron chi connectivity index (χ2n) is 8.26. The van der Waals surface area contributed by atoms with Crippen LogP contribution in [-0.4, -0.2) is 22.7 Å². The lowest BCUT2D eigenvalue weighted by atomic mass is 10.0. The second-order valence-corrected chi connectivity index (χ2v) is 10.2. The van der Waals surface area contributed by atoms with Gasteiger partial charge in [-0.1, -0.05) is 24.3 Å². The Morgan fingerprint density at radius 1 is 1.00 bits per heavy atom. The summed E-state index contributed by atoms with van der Waals surface area (Å²) in [6, 6.07) is 12.2. The van der Waals surface area contributed by atoms with Gasteiger partial charge in [0.15, 0.2) is 0 Å². The molecule has 1 N–H and O–H groups in total. The molecule has 0 radical (unpaired) electrons. The molecule has 0 aliphatic rings. The van der Waals surface area contributed by atoms with Crippen molar-refractivity contribution < 1.29 is 21.6 Å². The Balaban J connectivity index is 1.80. The van der Waals surface area contributed by atoms with Crippen molar-refractivity contribution in [2.75, 3.05) is 0 Å². The molecule has 10 heteroatoms. The molecule has 0 aliphatic carbocycles. The highest BCUT2D eigenvalue weighted by molar-refractivity contribution is 7.89. The first kappa shape index (κ1) is 24.6. The Kier molecular flexibility index (Phi) is 6.52. The number of sulfonamides is 1. The molecular formula is C25H22F3N3O3S. The van der Waals surface area contributed by atoms with Crippen LogP contribution in [0.3, 0.4) is 0 Å². The van der Waals surface area contributed by atoms with Crippen LogP contribution < -0.4 is 5.56 Å². The van der Waals surface area contributed by atoms with Gasteiger partial charge in [0.2, 0.25) is 10.0 Å². The Labute approximate surface area is 200 Å². The van der Waals surface area contributed by atoms with E-state index in [1.807, 2.05) is 26.0 Å². The summed E-state index contributed by atoms with van der Waals surface area (Å²) in [5.74, 6) is 0. The van der Waals surface area contributed by atoms with Crippen molar-refractivity contribution in [2.24, 2.45) is 0 Å². The van der Waals surface area contributed by atoms with Crippen molar-refractivity contribution >= 4 is 20.9 Å². The lowest BCUT2D eigenvalue weighted by Crippen LogP contribution is -2.32. The van der Waals surface area contributed by atoms with Gasteiger partial charge < -0.3 is 4.98 Å². The van der Waals surface area contributed by atoms with Gasteiger partial charge in [-0.05, 0) is 66.3 Å². The molecule has 0 saturated heterocycles. The van der Waals surface area contributed by atoms with E-state index in [-0.39, 0.29) is 18.7 Å². The molecular weight excluding hydrogens is 479 g/mol. The molecule has 4 rings (SSSR count). The number of nitrogens with one attached hydrogen (secondary N) is 1. The van der Waals surface area contributed by atoms with E-state index in [2.05, 4.69) is 9.97 Å². The molecule has 0 fully saturated rings. The quantitative estimate of drug-likeness (QED) is 0.405. The van der Waals surface area contributed by atoms with Gasteiger partial charge in [0.05, 0.1) is 16.0 Å². The minimum Gasteiger partial charge on any atom is -0.321 e. The molecule has 0 saturated carbocycles. The average molecular weight is 502 g/mol. The largest absolute Gasteiger partial charge is 0.416 e. The fraction of sp³-hybridized carbons (Fsp3) is 0.200. The highest BCUT2D eigenvalue weighted by Gasteiger charge is 2.33. The number of hydrogen-bond acceptors (Lipinski definition) is 4. The molecule has 4 aromatic rings. The Morgan fingerprint density at radius 2 is 1.77 bits per heavy atom. The number of aryl methyl sites for hydroxylation is 2. The zero-order valence-corrected chi connectivity index (χ0v) is 19.7. The summed E-state index contributed by atoms with van der Waals surface area (Å²) < 4.78 is 67.8. The summed E-state index contributed by atoms with van der Waals surface area (Å²) in [7, 11) is -4.41. The normalized spacial score (nSPS) is 12.4. The van der Waals surface area contributed by atoms with Crippen molar-refractivity contribution in [1.82, 2.24) is 14.3 Å². The maximum atomic E-state index is 13.5. The van der Waals surface area contributed by atoms with Gasteiger partial charge in [0.25, 0.3) is 5.56 Å². The first-order valence-electron chi connectivity index (χ1n) is 10.7. The summed E-state index contributed by atoms with van der Waals surface area (Å²) in [6.45, 7) is 3.26. The van der Waals surface area contributed by atoms with Crippen molar-refractivity contribution in [3.8, 4) is 0 Å². The fourth-order valence-electron chi connectivity index (χ4n) is 3.78. The zero-order chi connectivity index (χ0) is 25.4. The molecule has 2 aromatic heterocycles. The molecule has 0 spiro atoms. The Hall–Kier alpha value is -3.50. The minimum absolute atomic E-state index is 0.167. The molecule has 2 aromatic carbocycles. The third kappa shape index (κ3) is 5.13. The van der Waals surface area contributed by atoms with E-state index < -0.39 is 32.2 Å². The van der Waals surface area contributed by atoms with Gasteiger partial charge in [-0.15, -0.1) is 0 Å². The number of fused-ring (bicyclic) bond motifs is 1. The SMILES string of the molecule is Cc1ccc2cc(CN(Cc3cccnc3)S(=O)(=O)c3cccc(C(F)(F)F)c3)c(=O)[nH]c2c1C. The number of aromatic amines is 1. The predicted octanol–water partition coefficient (Wildman–Crippen LogP) is 4.95. The summed E-state index contributed by atoms with van der Waals surface area (Å²) in [4.78, 5) is 19.2. The van der Waals surface area contributed by atoms with Gasteiger partial charge in [0.1, 0.15) is 0 Å². The molecule has 0 atom stereocenters. The number of halogens is 3. The van der Waals surface area contributed by atoms with Crippen LogP contribution in [0.25, 0.3) is 10.9 Å². The van der Waals surface area contributed by atoms with E-state index in [0.717, 1.165) is 39.0 Å². The van der Waals surface area contributed by atoms with E-state index in [0.29, 0.717) is 17.1 Å². The molecule has 35 heavy (non-hydrogen) atoms. The van der Waals surface area contributed by atoms with Crippen LogP contribution in [0.5, 0.6) is 0 Å². The smallest absolute Gasteiger partial charge is 0.321 e. The van der Waals surface area contributed by atoms with Gasteiger partial charge in [0, 0.05) is 31.0 Å². The fourth-order valence-corrected chi connectivity index (χ4v) is 5.23. The molecule has 6 nitrogen and oxygen atoms in total. The molecule has 0 amide bonds. The maximum Gasteiger partial charge on any atom is 0.416 e. The van der Waals surface area contributed by atoms with Crippen molar-refractivity contribution in [3.63, 3.8) is 0 Å². The van der Waals surface area contributed by atoms with Crippen molar-refractivity contribution in [1.29, 1.82) is 0 Å². The number of H-pyrrole nitrogens is 1. The number of alkyl halides is 3. The van der Waals surface area contributed by atoms with E-state index in [1.54, 1.807) is 18.2 Å².